The topological polar surface area (TPSA) is 56.3 Å². The van der Waals surface area contributed by atoms with Crippen molar-refractivity contribution in [2.45, 2.75) is 18.9 Å². The highest BCUT2D eigenvalue weighted by atomic mass is 16.3. The zero-order chi connectivity index (χ0) is 9.97. The second-order valence-electron chi connectivity index (χ2n) is 3.56. The number of aliphatic hydroxyl groups is 1. The van der Waals surface area contributed by atoms with Crippen LogP contribution in [0.5, 0.6) is 0 Å². The fourth-order valence-corrected chi connectivity index (χ4v) is 1.91. The first-order valence-electron chi connectivity index (χ1n) is 4.88. The molecule has 1 fully saturated rings. The Bertz CT molecular complexity index is 308. The van der Waals surface area contributed by atoms with E-state index in [0.29, 0.717) is 5.69 Å². The predicted octanol–water partition coefficient (Wildman–Crippen LogP) is 0.612. The number of aromatic nitrogens is 1. The van der Waals surface area contributed by atoms with Gasteiger partial charge in [-0.15, -0.1) is 0 Å². The van der Waals surface area contributed by atoms with Crippen LogP contribution in [0.25, 0.3) is 0 Å². The number of hydrogen-bond donors (Lipinski definition) is 2. The number of aliphatic hydroxyl groups excluding tert-OH is 1. The van der Waals surface area contributed by atoms with Crippen LogP contribution in [-0.2, 0) is 0 Å². The number of amides is 1. The van der Waals surface area contributed by atoms with Crippen molar-refractivity contribution in [3.8, 4) is 0 Å². The van der Waals surface area contributed by atoms with E-state index < -0.39 is 0 Å². The number of hydrogen-bond acceptors (Lipinski definition) is 2. The van der Waals surface area contributed by atoms with E-state index in [0.717, 1.165) is 19.4 Å². The maximum absolute atomic E-state index is 11.9. The molecule has 1 amide bonds. The number of aromatic amines is 1. The number of carbonyl (C=O) groups is 1. The molecule has 1 saturated heterocycles. The molecule has 0 bridgehead atoms. The first-order valence-corrected chi connectivity index (χ1v) is 4.88. The van der Waals surface area contributed by atoms with Crippen LogP contribution >= 0.6 is 0 Å². The average Bonchev–Trinajstić information content (AvgIpc) is 2.87. The molecule has 0 aromatic carbocycles. The minimum atomic E-state index is -0.00782. The van der Waals surface area contributed by atoms with Gasteiger partial charge >= 0.3 is 0 Å². The van der Waals surface area contributed by atoms with Gasteiger partial charge in [0.05, 0.1) is 12.6 Å². The highest BCUT2D eigenvalue weighted by Gasteiger charge is 2.28. The summed E-state index contributed by atoms with van der Waals surface area (Å²) in [6.07, 6.45) is 3.62. The van der Waals surface area contributed by atoms with Crippen molar-refractivity contribution < 1.29 is 9.90 Å². The summed E-state index contributed by atoms with van der Waals surface area (Å²) >= 11 is 0. The Morgan fingerprint density at radius 2 is 2.57 bits per heavy atom. The van der Waals surface area contributed by atoms with Crippen molar-refractivity contribution in [3.63, 3.8) is 0 Å². The van der Waals surface area contributed by atoms with E-state index >= 15 is 0 Å². The highest BCUT2D eigenvalue weighted by molar-refractivity contribution is 5.92. The van der Waals surface area contributed by atoms with Crippen LogP contribution in [0.15, 0.2) is 18.3 Å². The van der Waals surface area contributed by atoms with Crippen molar-refractivity contribution >= 4 is 5.91 Å². The third kappa shape index (κ3) is 1.53. The van der Waals surface area contributed by atoms with Gasteiger partial charge < -0.3 is 15.0 Å². The molecular weight excluding hydrogens is 180 g/mol. The van der Waals surface area contributed by atoms with Crippen LogP contribution < -0.4 is 0 Å². The Hall–Kier alpha value is -1.29. The van der Waals surface area contributed by atoms with E-state index in [2.05, 4.69) is 4.98 Å². The molecule has 2 rings (SSSR count). The van der Waals surface area contributed by atoms with Crippen molar-refractivity contribution in [2.24, 2.45) is 0 Å². The van der Waals surface area contributed by atoms with Crippen molar-refractivity contribution in [2.75, 3.05) is 13.2 Å². The average molecular weight is 194 g/mol. The molecule has 1 aliphatic heterocycles. The summed E-state index contributed by atoms with van der Waals surface area (Å²) in [6, 6.07) is 3.57. The van der Waals surface area contributed by atoms with Crippen LogP contribution in [0.1, 0.15) is 23.3 Å². The zero-order valence-electron chi connectivity index (χ0n) is 7.94. The number of likely N-dealkylation sites (tertiary alicyclic amines) is 1. The summed E-state index contributed by atoms with van der Waals surface area (Å²) in [6.45, 7) is 0.815. The molecule has 4 nitrogen and oxygen atoms in total. The third-order valence-electron chi connectivity index (χ3n) is 2.68. The standard InChI is InChI=1S/C10H14N2O2/c13-7-8-3-2-6-12(8)10(14)9-4-1-5-11-9/h1,4-5,8,11,13H,2-3,6-7H2/t8-/m0/s1. The minimum Gasteiger partial charge on any atom is -0.394 e. The lowest BCUT2D eigenvalue weighted by Crippen LogP contribution is -2.37. The maximum atomic E-state index is 11.9. The van der Waals surface area contributed by atoms with Crippen molar-refractivity contribution in [1.82, 2.24) is 9.88 Å². The quantitative estimate of drug-likeness (QED) is 0.724. The molecule has 1 atom stereocenters. The Balaban J connectivity index is 2.11. The smallest absolute Gasteiger partial charge is 0.270 e. The van der Waals surface area contributed by atoms with Crippen LogP contribution in [0, 0.1) is 0 Å². The highest BCUT2D eigenvalue weighted by Crippen LogP contribution is 2.18. The summed E-state index contributed by atoms with van der Waals surface area (Å²) in [5.74, 6) is -0.00782. The molecule has 0 unspecified atom stereocenters. The van der Waals surface area contributed by atoms with Gasteiger partial charge in [0.2, 0.25) is 0 Å². The summed E-state index contributed by atoms with van der Waals surface area (Å²) in [5, 5.41) is 9.08. The Morgan fingerprint density at radius 3 is 3.21 bits per heavy atom. The van der Waals surface area contributed by atoms with Crippen LogP contribution in [0.2, 0.25) is 0 Å². The molecule has 14 heavy (non-hydrogen) atoms. The first-order chi connectivity index (χ1) is 6.83. The molecular formula is C10H14N2O2. The lowest BCUT2D eigenvalue weighted by molar-refractivity contribution is 0.0672. The van der Waals surface area contributed by atoms with E-state index in [1.54, 1.807) is 23.2 Å². The Labute approximate surface area is 82.5 Å². The van der Waals surface area contributed by atoms with Gasteiger partial charge in [-0.3, -0.25) is 4.79 Å². The summed E-state index contributed by atoms with van der Waals surface area (Å²) in [5.41, 5.74) is 0.602. The van der Waals surface area contributed by atoms with Crippen molar-refractivity contribution in [3.05, 3.63) is 24.0 Å². The van der Waals surface area contributed by atoms with Gasteiger partial charge in [-0.25, -0.2) is 0 Å². The second kappa shape index (κ2) is 3.84. The SMILES string of the molecule is O=C(c1ccc[nH]1)N1CCC[C@H]1CO. The molecule has 76 valence electrons. The van der Waals surface area contributed by atoms with E-state index in [4.69, 9.17) is 5.11 Å². The van der Waals surface area contributed by atoms with Crippen LogP contribution in [0.3, 0.4) is 0 Å². The van der Waals surface area contributed by atoms with Gasteiger partial charge in [0.15, 0.2) is 0 Å². The number of carbonyl (C=O) groups excluding carboxylic acids is 1. The summed E-state index contributed by atoms with van der Waals surface area (Å²) < 4.78 is 0. The molecule has 0 aliphatic carbocycles. The van der Waals surface area contributed by atoms with Gasteiger partial charge in [-0.1, -0.05) is 0 Å². The minimum absolute atomic E-state index is 0.00537. The summed E-state index contributed by atoms with van der Waals surface area (Å²) in [4.78, 5) is 16.5. The fraction of sp³-hybridized carbons (Fsp3) is 0.500. The molecule has 0 saturated carbocycles. The lowest BCUT2D eigenvalue weighted by atomic mass is 10.2. The van der Waals surface area contributed by atoms with E-state index in [1.807, 2.05) is 0 Å². The van der Waals surface area contributed by atoms with E-state index in [9.17, 15) is 4.79 Å². The largest absolute Gasteiger partial charge is 0.394 e. The van der Waals surface area contributed by atoms with Gasteiger partial charge in [0.25, 0.3) is 5.91 Å². The molecule has 1 aromatic rings. The van der Waals surface area contributed by atoms with Crippen molar-refractivity contribution in [1.29, 1.82) is 0 Å². The molecule has 2 heterocycles. The second-order valence-corrected chi connectivity index (χ2v) is 3.56. The number of nitrogens with zero attached hydrogens (tertiary/aromatic N) is 1. The van der Waals surface area contributed by atoms with Gasteiger partial charge in [-0.05, 0) is 25.0 Å². The van der Waals surface area contributed by atoms with E-state index in [-0.39, 0.29) is 18.6 Å². The molecule has 2 N–H and O–H groups in total. The number of nitrogens with one attached hydrogen (secondary N) is 1. The van der Waals surface area contributed by atoms with E-state index in [1.165, 1.54) is 0 Å². The van der Waals surface area contributed by atoms with Crippen LogP contribution in [-0.4, -0.2) is 40.1 Å². The molecule has 0 spiro atoms. The number of rotatable bonds is 2. The Morgan fingerprint density at radius 1 is 1.71 bits per heavy atom. The third-order valence-corrected chi connectivity index (χ3v) is 2.68. The molecule has 1 aromatic heterocycles. The number of H-pyrrole nitrogens is 1. The van der Waals surface area contributed by atoms with Gasteiger partial charge in [-0.2, -0.15) is 0 Å². The van der Waals surface area contributed by atoms with Crippen LogP contribution in [0.4, 0.5) is 0 Å². The first kappa shape index (κ1) is 9.27. The molecule has 1 aliphatic rings. The summed E-state index contributed by atoms with van der Waals surface area (Å²) in [7, 11) is 0. The zero-order valence-corrected chi connectivity index (χ0v) is 7.94. The lowest BCUT2D eigenvalue weighted by Gasteiger charge is -2.22. The Kier molecular flexibility index (Phi) is 2.54. The monoisotopic (exact) mass is 194 g/mol. The predicted molar refractivity (Wildman–Crippen MR) is 51.9 cm³/mol. The van der Waals surface area contributed by atoms with Gasteiger partial charge in [0, 0.05) is 12.7 Å². The van der Waals surface area contributed by atoms with Gasteiger partial charge in [0.1, 0.15) is 5.69 Å². The normalized spacial score (nSPS) is 21.5. The molecule has 0 radical (unpaired) electrons. The maximum Gasteiger partial charge on any atom is 0.270 e. The fourth-order valence-electron chi connectivity index (χ4n) is 1.91. The molecule has 4 heteroatoms.